The van der Waals surface area contributed by atoms with E-state index < -0.39 is 51.3 Å². The van der Waals surface area contributed by atoms with Crippen molar-refractivity contribution in [2.45, 2.75) is 207 Å². The van der Waals surface area contributed by atoms with Crippen LogP contribution in [-0.2, 0) is 34.9 Å². The summed E-state index contributed by atoms with van der Waals surface area (Å²) in [7, 11) is -4.66. The van der Waals surface area contributed by atoms with E-state index in [-0.39, 0.29) is 24.6 Å². The molecule has 0 aromatic carbocycles. The monoisotopic (exact) mass is 870 g/mol. The van der Waals surface area contributed by atoms with Crippen molar-refractivity contribution in [3.8, 4) is 0 Å². The fourth-order valence-corrected chi connectivity index (χ4v) is 9.29. The van der Waals surface area contributed by atoms with Gasteiger partial charge in [-0.15, -0.1) is 14.5 Å². The molecule has 4 amide bonds. The van der Waals surface area contributed by atoms with E-state index in [1.165, 1.54) is 4.90 Å². The number of rotatable bonds is 22. The molecule has 4 rings (SSSR count). The number of piperidine rings is 2. The van der Waals surface area contributed by atoms with Crippen LogP contribution in [0.5, 0.6) is 0 Å². The van der Waals surface area contributed by atoms with Gasteiger partial charge < -0.3 is 28.6 Å². The lowest BCUT2D eigenvalue weighted by molar-refractivity contribution is -0.172. The minimum Gasteiger partial charge on any atom is -0.444 e. The highest BCUT2D eigenvalue weighted by molar-refractivity contribution is 7.81. The average molecular weight is 870 g/mol. The van der Waals surface area contributed by atoms with Crippen LogP contribution in [-0.4, -0.2) is 123 Å². The van der Waals surface area contributed by atoms with Crippen LogP contribution in [0.2, 0.25) is 0 Å². The van der Waals surface area contributed by atoms with Crippen LogP contribution in [0.3, 0.4) is 0 Å². The molecule has 60 heavy (non-hydrogen) atoms. The molecule has 0 aliphatic carbocycles. The van der Waals surface area contributed by atoms with Crippen molar-refractivity contribution in [3.05, 3.63) is 11.8 Å². The van der Waals surface area contributed by atoms with Crippen LogP contribution in [0.4, 0.5) is 14.4 Å². The molecule has 4 heterocycles. The third-order valence-corrected chi connectivity index (χ3v) is 12.1. The number of ether oxygens (including phenoxy) is 2. The Bertz CT molecular complexity index is 1630. The predicted octanol–water partition coefficient (Wildman–Crippen LogP) is 8.71. The van der Waals surface area contributed by atoms with Crippen molar-refractivity contribution in [3.63, 3.8) is 0 Å². The number of aromatic nitrogens is 2. The number of hydrogen-bond donors (Lipinski definition) is 0. The van der Waals surface area contributed by atoms with Gasteiger partial charge in [-0.1, -0.05) is 66.2 Å². The molecule has 0 radical (unpaired) electrons. The van der Waals surface area contributed by atoms with Crippen LogP contribution < -0.4 is 0 Å². The summed E-state index contributed by atoms with van der Waals surface area (Å²) in [5.41, 5.74) is -1.74. The molecular formula is C42H75N7O10S. The number of fused-ring (bicyclic) bond motifs is 2. The largest absolute Gasteiger partial charge is 0.444 e. The van der Waals surface area contributed by atoms with Gasteiger partial charge in [0, 0.05) is 50.7 Å². The van der Waals surface area contributed by atoms with E-state index in [9.17, 15) is 22.8 Å². The van der Waals surface area contributed by atoms with Crippen molar-refractivity contribution in [2.24, 2.45) is 0 Å². The molecule has 17 nitrogen and oxygen atoms in total. The van der Waals surface area contributed by atoms with Gasteiger partial charge >= 0.3 is 28.6 Å². The Morgan fingerprint density at radius 2 is 1.43 bits per heavy atom. The molecule has 0 spiro atoms. The summed E-state index contributed by atoms with van der Waals surface area (Å²) in [5.74, 6) is 0.624. The van der Waals surface area contributed by atoms with E-state index in [1.54, 1.807) is 14.9 Å². The molecule has 0 unspecified atom stereocenters. The first kappa shape index (κ1) is 49.4. The second-order valence-corrected chi connectivity index (χ2v) is 19.8. The Morgan fingerprint density at radius 1 is 0.800 bits per heavy atom. The number of amides is 4. The number of nitrogens with zero attached hydrogens (tertiary/aromatic N) is 7. The second-order valence-electron chi connectivity index (χ2n) is 18.7. The van der Waals surface area contributed by atoms with E-state index in [1.807, 2.05) is 41.5 Å². The Labute approximate surface area is 359 Å². The van der Waals surface area contributed by atoms with Crippen molar-refractivity contribution in [1.82, 2.24) is 35.0 Å². The maximum Gasteiger partial charge on any atom is 0.437 e. The van der Waals surface area contributed by atoms with Crippen molar-refractivity contribution < 1.29 is 45.3 Å². The van der Waals surface area contributed by atoms with Crippen LogP contribution in [0.15, 0.2) is 4.42 Å². The summed E-state index contributed by atoms with van der Waals surface area (Å²) in [4.78, 5) is 44.8. The highest BCUT2D eigenvalue weighted by atomic mass is 32.3. The summed E-state index contributed by atoms with van der Waals surface area (Å²) in [6, 6.07) is -1.78. The molecule has 3 aliphatic heterocycles. The van der Waals surface area contributed by atoms with Gasteiger partial charge in [0.1, 0.15) is 17.2 Å². The van der Waals surface area contributed by atoms with Gasteiger partial charge in [0.25, 0.3) is 0 Å². The number of aryl methyl sites for hydroxylation is 1. The van der Waals surface area contributed by atoms with E-state index in [0.29, 0.717) is 70.6 Å². The van der Waals surface area contributed by atoms with E-state index in [0.717, 1.165) is 69.3 Å². The quantitative estimate of drug-likeness (QED) is 0.101. The highest BCUT2D eigenvalue weighted by Crippen LogP contribution is 2.40. The number of urea groups is 1. The highest BCUT2D eigenvalue weighted by Gasteiger charge is 2.50. The van der Waals surface area contributed by atoms with E-state index in [2.05, 4.69) is 37.9 Å². The van der Waals surface area contributed by atoms with Crippen molar-refractivity contribution in [2.75, 3.05) is 32.7 Å². The van der Waals surface area contributed by atoms with Crippen LogP contribution in [0.25, 0.3) is 0 Å². The number of carbonyl (C=O) groups is 3. The number of hydrogen-bond acceptors (Lipinski definition) is 13. The molecule has 2 atom stereocenters. The maximum absolute atomic E-state index is 13.8. The minimum absolute atomic E-state index is 0.132. The molecule has 1 aromatic heterocycles. The SMILES string of the molecule is CCCCN(OS(=O)(=O)ON1C(=O)N2C[C@@H]1CC[C@H]2c1nnc(CCCN(C(=O)OC(C)(C)C)C2CCN(C(=O)OC(C)(C)C)CC2)o1)C(CCC)(CCCC)CCCC. The van der Waals surface area contributed by atoms with Crippen molar-refractivity contribution >= 4 is 28.6 Å². The zero-order chi connectivity index (χ0) is 44.3. The molecule has 0 N–H and O–H groups in total. The fraction of sp³-hybridized carbons (Fsp3) is 0.881. The van der Waals surface area contributed by atoms with Gasteiger partial charge in [-0.25, -0.2) is 14.4 Å². The molecule has 18 heteroatoms. The molecule has 2 bridgehead atoms. The van der Waals surface area contributed by atoms with Gasteiger partial charge in [-0.2, -0.15) is 22.8 Å². The lowest BCUT2D eigenvalue weighted by Crippen LogP contribution is -2.51. The maximum atomic E-state index is 13.8. The summed E-state index contributed by atoms with van der Waals surface area (Å²) >= 11 is 0. The molecule has 3 fully saturated rings. The summed E-state index contributed by atoms with van der Waals surface area (Å²) < 4.78 is 56.2. The standard InChI is InChI=1S/C42H75N7O10S/c1-11-15-25-42(24-14-4,26-16-12-2)48(28-17-13-3)58-60(53,54)59-49-33-20-21-34(47(31-33)37(49)50)36-44-43-35(55-36)19-18-27-46(39(52)57-41(8,9)10)32-22-29-45(30-23-32)38(51)56-40(5,6)7/h32-34H,11-31H2,1-10H3/t33-,34-/m0/s1. The Kier molecular flexibility index (Phi) is 17.9. The third kappa shape index (κ3) is 13.9. The average Bonchev–Trinajstić information content (AvgIpc) is 3.73. The summed E-state index contributed by atoms with van der Waals surface area (Å²) in [6.45, 7) is 21.4. The van der Waals surface area contributed by atoms with Crippen LogP contribution >= 0.6 is 0 Å². The molecule has 1 aromatic rings. The normalized spacial score (nSPS) is 19.4. The molecule has 344 valence electrons. The minimum atomic E-state index is -4.66. The van der Waals surface area contributed by atoms with E-state index in [4.69, 9.17) is 22.5 Å². The summed E-state index contributed by atoms with van der Waals surface area (Å²) in [5, 5.41) is 11.2. The molecule has 3 aliphatic rings. The first-order valence-corrected chi connectivity index (χ1v) is 23.9. The van der Waals surface area contributed by atoms with E-state index >= 15 is 0 Å². The Balaban J connectivity index is 1.39. The lowest BCUT2D eigenvalue weighted by atomic mass is 9.82. The van der Waals surface area contributed by atoms with Gasteiger partial charge in [0.05, 0.1) is 6.04 Å². The fourth-order valence-electron chi connectivity index (χ4n) is 8.42. The number of carbonyl (C=O) groups excluding carboxylic acids is 3. The van der Waals surface area contributed by atoms with Gasteiger partial charge in [0.15, 0.2) is 0 Å². The topological polar surface area (TPSA) is 177 Å². The Morgan fingerprint density at radius 3 is 2.02 bits per heavy atom. The zero-order valence-corrected chi connectivity index (χ0v) is 39.0. The molecule has 0 saturated carbocycles. The first-order chi connectivity index (χ1) is 28.2. The Hall–Kier alpha value is -3.22. The first-order valence-electron chi connectivity index (χ1n) is 22.6. The molecule has 3 saturated heterocycles. The smallest absolute Gasteiger partial charge is 0.437 e. The molecular weight excluding hydrogens is 795 g/mol. The van der Waals surface area contributed by atoms with Crippen LogP contribution in [0.1, 0.15) is 183 Å². The predicted molar refractivity (Wildman–Crippen MR) is 225 cm³/mol. The van der Waals surface area contributed by atoms with Gasteiger partial charge in [0.2, 0.25) is 11.8 Å². The van der Waals surface area contributed by atoms with Crippen molar-refractivity contribution in [1.29, 1.82) is 0 Å². The van der Waals surface area contributed by atoms with Gasteiger partial charge in [-0.05, 0) is 99.3 Å². The number of hydroxylamine groups is 4. The second kappa shape index (κ2) is 21.7. The lowest BCUT2D eigenvalue weighted by Gasteiger charge is -2.43. The number of likely N-dealkylation sites (tertiary alicyclic amines) is 1. The van der Waals surface area contributed by atoms with Crippen LogP contribution in [0, 0.1) is 0 Å². The summed E-state index contributed by atoms with van der Waals surface area (Å²) in [6.07, 6.45) is 11.0. The number of unbranched alkanes of at least 4 members (excludes halogenated alkanes) is 3. The third-order valence-electron chi connectivity index (χ3n) is 11.4. The zero-order valence-electron chi connectivity index (χ0n) is 38.2. The van der Waals surface area contributed by atoms with Gasteiger partial charge in [-0.3, -0.25) is 0 Å².